The smallest absolute Gasteiger partial charge is 0.323 e. The molecule has 1 N–H and O–H groups in total. The first-order valence-corrected chi connectivity index (χ1v) is 8.77. The fourth-order valence-electron chi connectivity index (χ4n) is 3.36. The van der Waals surface area contributed by atoms with Crippen molar-refractivity contribution in [2.45, 2.75) is 13.3 Å². The van der Waals surface area contributed by atoms with E-state index < -0.39 is 5.97 Å². The number of pyridine rings is 1. The number of piperazine rings is 1. The summed E-state index contributed by atoms with van der Waals surface area (Å²) < 4.78 is 0. The highest BCUT2D eigenvalue weighted by Crippen LogP contribution is 2.33. The lowest BCUT2D eigenvalue weighted by molar-refractivity contribution is -0.135. The van der Waals surface area contributed by atoms with E-state index in [1.807, 2.05) is 6.20 Å². The molecule has 1 fully saturated rings. The zero-order chi connectivity index (χ0) is 18.0. The highest BCUT2D eigenvalue weighted by atomic mass is 16.4. The van der Waals surface area contributed by atoms with Crippen LogP contribution >= 0.6 is 0 Å². The van der Waals surface area contributed by atoms with Gasteiger partial charge < -0.3 is 19.8 Å². The number of aryl methyl sites for hydroxylation is 1. The van der Waals surface area contributed by atoms with Crippen LogP contribution < -0.4 is 9.80 Å². The van der Waals surface area contributed by atoms with Crippen LogP contribution in [0.15, 0.2) is 24.4 Å². The molecule has 6 heteroatoms. The van der Waals surface area contributed by atoms with Gasteiger partial charge in [0.1, 0.15) is 12.4 Å². The van der Waals surface area contributed by atoms with Gasteiger partial charge in [-0.05, 0) is 25.1 Å². The molecule has 25 heavy (non-hydrogen) atoms. The topological polar surface area (TPSA) is 59.9 Å². The third-order valence-corrected chi connectivity index (χ3v) is 4.90. The second-order valence-corrected chi connectivity index (χ2v) is 6.74. The van der Waals surface area contributed by atoms with Crippen LogP contribution in [0.1, 0.15) is 12.5 Å². The summed E-state index contributed by atoms with van der Waals surface area (Å²) >= 11 is 0. The van der Waals surface area contributed by atoms with Gasteiger partial charge in [0.2, 0.25) is 0 Å². The van der Waals surface area contributed by atoms with Gasteiger partial charge in [0.25, 0.3) is 0 Å². The normalized spacial score (nSPS) is 15.6. The monoisotopic (exact) mass is 342 g/mol. The largest absolute Gasteiger partial charge is 0.480 e. The molecule has 2 heterocycles. The summed E-state index contributed by atoms with van der Waals surface area (Å²) in [6, 6.07) is 6.46. The summed E-state index contributed by atoms with van der Waals surface area (Å²) in [4.78, 5) is 22.2. The molecule has 0 radical (unpaired) electrons. The lowest BCUT2D eigenvalue weighted by Crippen LogP contribution is -2.44. The van der Waals surface area contributed by atoms with Gasteiger partial charge in [-0.15, -0.1) is 0 Å². The Morgan fingerprint density at radius 3 is 2.60 bits per heavy atom. The van der Waals surface area contributed by atoms with E-state index in [2.05, 4.69) is 47.0 Å². The Labute approximate surface area is 148 Å². The molecule has 0 unspecified atom stereocenters. The lowest BCUT2D eigenvalue weighted by atomic mass is 10.0. The van der Waals surface area contributed by atoms with Crippen molar-refractivity contribution >= 4 is 28.2 Å². The predicted octanol–water partition coefficient (Wildman–Crippen LogP) is 2.07. The van der Waals surface area contributed by atoms with Gasteiger partial charge in [-0.3, -0.25) is 4.79 Å². The van der Waals surface area contributed by atoms with Crippen LogP contribution in [0.3, 0.4) is 0 Å². The molecule has 1 aliphatic heterocycles. The quantitative estimate of drug-likeness (QED) is 0.898. The maximum atomic E-state index is 11.1. The third kappa shape index (κ3) is 3.69. The number of anilines is 2. The molecule has 0 amide bonds. The van der Waals surface area contributed by atoms with Crippen LogP contribution in [0.25, 0.3) is 10.8 Å². The second kappa shape index (κ2) is 7.27. The van der Waals surface area contributed by atoms with Crippen molar-refractivity contribution in [3.63, 3.8) is 0 Å². The molecular formula is C19H26N4O2. The van der Waals surface area contributed by atoms with Crippen LogP contribution in [0.2, 0.25) is 0 Å². The number of nitrogens with zero attached hydrogens (tertiary/aromatic N) is 4. The number of likely N-dealkylation sites (N-methyl/N-ethyl adjacent to an activating group) is 2. The van der Waals surface area contributed by atoms with Gasteiger partial charge in [0.05, 0.1) is 11.9 Å². The first-order valence-electron chi connectivity index (χ1n) is 8.77. The van der Waals surface area contributed by atoms with Crippen LogP contribution in [-0.4, -0.2) is 67.8 Å². The second-order valence-electron chi connectivity index (χ2n) is 6.74. The fourth-order valence-corrected chi connectivity index (χ4v) is 3.36. The van der Waals surface area contributed by atoms with Gasteiger partial charge in [-0.2, -0.15) is 0 Å². The summed E-state index contributed by atoms with van der Waals surface area (Å²) in [6.07, 6.45) is 2.84. The number of rotatable bonds is 5. The van der Waals surface area contributed by atoms with Crippen molar-refractivity contribution in [2.24, 2.45) is 0 Å². The number of aromatic nitrogens is 1. The SMILES string of the molecule is CCc1ccc2c(N3CCN(C)CC3)cnc(N(C)CC(=O)O)c2c1. The molecule has 6 nitrogen and oxygen atoms in total. The Bertz CT molecular complexity index is 769. The molecule has 0 aliphatic carbocycles. The minimum atomic E-state index is -0.854. The Balaban J connectivity index is 2.07. The molecule has 1 saturated heterocycles. The van der Waals surface area contributed by atoms with E-state index in [1.54, 1.807) is 11.9 Å². The summed E-state index contributed by atoms with van der Waals surface area (Å²) in [5.74, 6) is -0.127. The number of carboxylic acids is 1. The Kier molecular flexibility index (Phi) is 5.08. The summed E-state index contributed by atoms with van der Waals surface area (Å²) in [6.45, 7) is 6.09. The van der Waals surface area contributed by atoms with E-state index in [0.29, 0.717) is 0 Å². The molecule has 0 spiro atoms. The van der Waals surface area contributed by atoms with E-state index in [1.165, 1.54) is 5.56 Å². The minimum absolute atomic E-state index is 0.0632. The van der Waals surface area contributed by atoms with Gasteiger partial charge in [0.15, 0.2) is 0 Å². The molecule has 0 atom stereocenters. The Morgan fingerprint density at radius 2 is 1.96 bits per heavy atom. The number of benzene rings is 1. The molecular weight excluding hydrogens is 316 g/mol. The van der Waals surface area contributed by atoms with Crippen LogP contribution in [0.4, 0.5) is 11.5 Å². The van der Waals surface area contributed by atoms with E-state index in [0.717, 1.165) is 54.9 Å². The van der Waals surface area contributed by atoms with Crippen molar-refractivity contribution in [2.75, 3.05) is 56.6 Å². The van der Waals surface area contributed by atoms with Crippen molar-refractivity contribution in [3.05, 3.63) is 30.0 Å². The minimum Gasteiger partial charge on any atom is -0.480 e. The van der Waals surface area contributed by atoms with E-state index in [4.69, 9.17) is 5.11 Å². The molecule has 3 rings (SSSR count). The van der Waals surface area contributed by atoms with Crippen molar-refractivity contribution in [1.29, 1.82) is 0 Å². The average Bonchev–Trinajstić information content (AvgIpc) is 2.60. The lowest BCUT2D eigenvalue weighted by Gasteiger charge is -2.35. The molecule has 1 aliphatic rings. The number of carboxylic acid groups (broad SMARTS) is 1. The molecule has 1 aromatic heterocycles. The first-order chi connectivity index (χ1) is 12.0. The Hall–Kier alpha value is -2.34. The van der Waals surface area contributed by atoms with Crippen molar-refractivity contribution in [1.82, 2.24) is 9.88 Å². The summed E-state index contributed by atoms with van der Waals surface area (Å²) in [7, 11) is 3.93. The molecule has 0 bridgehead atoms. The number of hydrogen-bond donors (Lipinski definition) is 1. The molecule has 1 aromatic carbocycles. The van der Waals surface area contributed by atoms with Crippen molar-refractivity contribution < 1.29 is 9.90 Å². The van der Waals surface area contributed by atoms with Gasteiger partial charge in [0, 0.05) is 44.0 Å². The van der Waals surface area contributed by atoms with Gasteiger partial charge in [-0.25, -0.2) is 4.98 Å². The average molecular weight is 342 g/mol. The Morgan fingerprint density at radius 1 is 1.24 bits per heavy atom. The fraction of sp³-hybridized carbons (Fsp3) is 0.474. The molecule has 2 aromatic rings. The number of aliphatic carboxylic acids is 1. The van der Waals surface area contributed by atoms with Crippen molar-refractivity contribution in [3.8, 4) is 0 Å². The first kappa shape index (κ1) is 17.5. The maximum Gasteiger partial charge on any atom is 0.323 e. The zero-order valence-corrected chi connectivity index (χ0v) is 15.2. The number of carbonyl (C=O) groups is 1. The van der Waals surface area contributed by atoms with E-state index >= 15 is 0 Å². The predicted molar refractivity (Wildman–Crippen MR) is 102 cm³/mol. The molecule has 0 saturated carbocycles. The van der Waals surface area contributed by atoms with Gasteiger partial charge in [-0.1, -0.05) is 19.1 Å². The maximum absolute atomic E-state index is 11.1. The highest BCUT2D eigenvalue weighted by Gasteiger charge is 2.19. The summed E-state index contributed by atoms with van der Waals surface area (Å²) in [5, 5.41) is 11.3. The van der Waals surface area contributed by atoms with E-state index in [-0.39, 0.29) is 6.54 Å². The zero-order valence-electron chi connectivity index (χ0n) is 15.2. The van der Waals surface area contributed by atoms with Crippen LogP contribution in [-0.2, 0) is 11.2 Å². The summed E-state index contributed by atoms with van der Waals surface area (Å²) in [5.41, 5.74) is 2.37. The van der Waals surface area contributed by atoms with Crippen LogP contribution in [0.5, 0.6) is 0 Å². The van der Waals surface area contributed by atoms with Gasteiger partial charge >= 0.3 is 5.97 Å². The molecule has 134 valence electrons. The number of hydrogen-bond acceptors (Lipinski definition) is 5. The highest BCUT2D eigenvalue weighted by molar-refractivity contribution is 6.01. The van der Waals surface area contributed by atoms with Crippen LogP contribution in [0, 0.1) is 0 Å². The number of fused-ring (bicyclic) bond motifs is 1. The van der Waals surface area contributed by atoms with E-state index in [9.17, 15) is 4.79 Å². The third-order valence-electron chi connectivity index (χ3n) is 4.90. The standard InChI is InChI=1S/C19H26N4O2/c1-4-14-5-6-15-16(11-14)19(22(3)13-18(24)25)20-12-17(15)23-9-7-21(2)8-10-23/h5-6,11-12H,4,7-10,13H2,1-3H3,(H,24,25).